The van der Waals surface area contributed by atoms with Gasteiger partial charge in [-0.1, -0.05) is 0 Å². The van der Waals surface area contributed by atoms with Crippen molar-refractivity contribution in [3.8, 4) is 11.5 Å². The quantitative estimate of drug-likeness (QED) is 0.108. The molecular weight excluding hydrogens is 578 g/mol. The van der Waals surface area contributed by atoms with Gasteiger partial charge in [-0.25, -0.2) is 13.9 Å². The largest absolute Gasteiger partial charge is 0.497 e. The van der Waals surface area contributed by atoms with Gasteiger partial charge in [0.25, 0.3) is 0 Å². The second-order valence-electron chi connectivity index (χ2n) is 8.83. The van der Waals surface area contributed by atoms with Crippen molar-refractivity contribution in [2.24, 2.45) is 5.73 Å². The maximum atomic E-state index is 13.4. The lowest BCUT2D eigenvalue weighted by Gasteiger charge is -2.28. The number of amides is 3. The first-order chi connectivity index (χ1) is 19.2. The van der Waals surface area contributed by atoms with E-state index in [0.717, 1.165) is 22.2 Å². The zero-order chi connectivity index (χ0) is 29.3. The van der Waals surface area contributed by atoms with E-state index in [0.29, 0.717) is 37.4 Å². The van der Waals surface area contributed by atoms with Crippen molar-refractivity contribution < 1.29 is 37.5 Å². The highest BCUT2D eigenvalue weighted by molar-refractivity contribution is 7.89. The summed E-state index contributed by atoms with van der Waals surface area (Å²) in [6.45, 7) is 0.798. The van der Waals surface area contributed by atoms with Crippen LogP contribution in [-0.4, -0.2) is 68.0 Å². The minimum absolute atomic E-state index is 0. The monoisotopic (exact) mass is 611 g/mol. The maximum absolute atomic E-state index is 13.4. The third-order valence-corrected chi connectivity index (χ3v) is 8.26. The first kappa shape index (κ1) is 33.4. The number of rotatable bonds is 11. The zero-order valence-electron chi connectivity index (χ0n) is 22.7. The van der Waals surface area contributed by atoms with E-state index in [9.17, 15) is 18.0 Å². The molecule has 3 aromatic rings. The van der Waals surface area contributed by atoms with E-state index in [-0.39, 0.29) is 49.1 Å². The number of carbonyl (C=O) groups excluding carboxylic acids is 3. The molecule has 0 unspecified atom stereocenters. The number of primary amides is 1. The van der Waals surface area contributed by atoms with Crippen LogP contribution in [0.5, 0.6) is 11.5 Å². The van der Waals surface area contributed by atoms with Gasteiger partial charge in [0.2, 0.25) is 28.2 Å². The minimum Gasteiger partial charge on any atom is -0.497 e. The summed E-state index contributed by atoms with van der Waals surface area (Å²) in [5.74, 6) is 0.615. The van der Waals surface area contributed by atoms with Crippen LogP contribution in [-0.2, 0) is 43.9 Å². The molecule has 2 aromatic carbocycles. The predicted octanol–water partition coefficient (Wildman–Crippen LogP) is 1.33. The Bertz CT molecular complexity index is 1460. The van der Waals surface area contributed by atoms with E-state index >= 15 is 0 Å². The smallest absolute Gasteiger partial charge is 0.243 e. The summed E-state index contributed by atoms with van der Waals surface area (Å²) in [5, 5.41) is 11.0. The van der Waals surface area contributed by atoms with Crippen LogP contribution in [0.3, 0.4) is 0 Å². The van der Waals surface area contributed by atoms with E-state index in [4.69, 9.17) is 25.2 Å². The summed E-state index contributed by atoms with van der Waals surface area (Å²) >= 11 is 0. The summed E-state index contributed by atoms with van der Waals surface area (Å²) in [7, 11) is -0.640. The molecule has 13 nitrogen and oxygen atoms in total. The molecule has 0 bridgehead atoms. The molecule has 0 aliphatic carbocycles. The Morgan fingerprint density at radius 1 is 1.10 bits per heavy atom. The average Bonchev–Trinajstić information content (AvgIpc) is 3.27. The summed E-state index contributed by atoms with van der Waals surface area (Å²) < 4.78 is 40.7. The van der Waals surface area contributed by atoms with Crippen LogP contribution in [0.25, 0.3) is 10.9 Å². The number of nitrogens with two attached hydrogens (primary N) is 1. The summed E-state index contributed by atoms with van der Waals surface area (Å²) in [5.41, 5.74) is 9.02. The molecule has 0 fully saturated rings. The van der Waals surface area contributed by atoms with Gasteiger partial charge in [0.05, 0.1) is 25.7 Å². The minimum atomic E-state index is -3.76. The van der Waals surface area contributed by atoms with E-state index < -0.39 is 15.9 Å². The zero-order valence-corrected chi connectivity index (χ0v) is 24.3. The number of hydrogen-bond acceptors (Lipinski definition) is 8. The number of nitrogens with one attached hydrogen (secondary N) is 2. The Labute approximate surface area is 244 Å². The molecule has 0 saturated heterocycles. The van der Waals surface area contributed by atoms with Gasteiger partial charge in [-0.3, -0.25) is 19.6 Å². The number of ether oxygens (including phenoxy) is 2. The molecule has 0 atom stereocenters. The number of sulfonamides is 1. The van der Waals surface area contributed by atoms with Gasteiger partial charge in [0.1, 0.15) is 18.0 Å². The summed E-state index contributed by atoms with van der Waals surface area (Å²) in [6.07, 6.45) is 1.33. The lowest BCUT2D eigenvalue weighted by atomic mass is 10.0. The molecule has 5 N–H and O–H groups in total. The number of methoxy groups -OCH3 is 2. The molecule has 3 amide bonds. The van der Waals surface area contributed by atoms with Crippen molar-refractivity contribution in [1.29, 1.82) is 0 Å². The number of hydrogen-bond donors (Lipinski definition) is 4. The van der Waals surface area contributed by atoms with Gasteiger partial charge < -0.3 is 25.1 Å². The Morgan fingerprint density at radius 2 is 1.73 bits per heavy atom. The van der Waals surface area contributed by atoms with Gasteiger partial charge in [0, 0.05) is 36.1 Å². The molecule has 0 radical (unpaired) electrons. The van der Waals surface area contributed by atoms with Crippen molar-refractivity contribution >= 4 is 51.6 Å². The maximum Gasteiger partial charge on any atom is 0.243 e. The topological polar surface area (TPSA) is 182 Å². The van der Waals surface area contributed by atoms with Crippen molar-refractivity contribution in [2.45, 2.75) is 37.2 Å². The lowest BCUT2D eigenvalue weighted by Crippen LogP contribution is -2.37. The Kier molecular flexibility index (Phi) is 12.4. The van der Waals surface area contributed by atoms with Gasteiger partial charge in [-0.15, -0.1) is 12.4 Å². The molecule has 1 aromatic heterocycles. The van der Waals surface area contributed by atoms with Crippen molar-refractivity contribution in [3.05, 3.63) is 53.7 Å². The lowest BCUT2D eigenvalue weighted by molar-refractivity contribution is -0.122. The van der Waals surface area contributed by atoms with Crippen LogP contribution in [0.2, 0.25) is 0 Å². The SMILES string of the molecule is COc1ccc(S(=O)(=O)N2CCc3c(n(CC(=O)NCCCC(N)=O)c4ccc(OC)cc34)C2)cc1.Cl.O=CNO. The number of hydroxylamine groups is 1. The van der Waals surface area contributed by atoms with Gasteiger partial charge in [-0.05, 0) is 60.9 Å². The fourth-order valence-electron chi connectivity index (χ4n) is 4.50. The number of aromatic nitrogens is 1. The molecule has 2 heterocycles. The van der Waals surface area contributed by atoms with Crippen LogP contribution in [0.4, 0.5) is 0 Å². The van der Waals surface area contributed by atoms with Crippen molar-refractivity contribution in [3.63, 3.8) is 0 Å². The van der Waals surface area contributed by atoms with Crippen molar-refractivity contribution in [1.82, 2.24) is 19.7 Å². The second-order valence-corrected chi connectivity index (χ2v) is 10.8. The standard InChI is InChI=1S/C25H30N4O6S.CH3NO2.ClH/c1-34-17-5-8-19(9-6-17)36(32,33)28-13-11-20-21-14-18(35-2)7-10-22(21)29(23(20)15-28)16-25(31)27-12-3-4-24(26)30;3-1-2-4;/h5-10,14H,3-4,11-13,15-16H2,1-2H3,(H2,26,30)(H,27,31);1,4H,(H,2,3);1H. The second kappa shape index (κ2) is 15.2. The van der Waals surface area contributed by atoms with Crippen LogP contribution in [0.15, 0.2) is 47.4 Å². The number of nitrogens with zero attached hydrogens (tertiary/aromatic N) is 2. The van der Waals surface area contributed by atoms with Crippen LogP contribution in [0.1, 0.15) is 24.1 Å². The molecule has 15 heteroatoms. The molecule has 4 rings (SSSR count). The fourth-order valence-corrected chi connectivity index (χ4v) is 5.90. The third kappa shape index (κ3) is 8.10. The highest BCUT2D eigenvalue weighted by atomic mass is 35.5. The number of halogens is 1. The summed E-state index contributed by atoms with van der Waals surface area (Å²) in [4.78, 5) is 32.7. The molecule has 1 aliphatic heterocycles. The van der Waals surface area contributed by atoms with E-state index in [1.54, 1.807) is 19.2 Å². The highest BCUT2D eigenvalue weighted by Gasteiger charge is 2.32. The van der Waals surface area contributed by atoms with Crippen molar-refractivity contribution in [2.75, 3.05) is 27.3 Å². The van der Waals surface area contributed by atoms with Crippen LogP contribution < -0.4 is 26.0 Å². The first-order valence-electron chi connectivity index (χ1n) is 12.4. The first-order valence-corrected chi connectivity index (χ1v) is 13.8. The van der Waals surface area contributed by atoms with Gasteiger partial charge >= 0.3 is 0 Å². The molecular formula is C26H34ClN5O8S. The predicted molar refractivity (Wildman–Crippen MR) is 152 cm³/mol. The Balaban J connectivity index is 0.00000110. The van der Waals surface area contributed by atoms with E-state index in [1.165, 1.54) is 29.0 Å². The normalized spacial score (nSPS) is 12.7. The molecule has 1 aliphatic rings. The fraction of sp³-hybridized carbons (Fsp3) is 0.346. The molecule has 224 valence electrons. The van der Waals surface area contributed by atoms with E-state index in [2.05, 4.69) is 5.32 Å². The molecule has 0 saturated carbocycles. The number of carbonyl (C=O) groups is 3. The molecule has 0 spiro atoms. The average molecular weight is 612 g/mol. The summed E-state index contributed by atoms with van der Waals surface area (Å²) in [6, 6.07) is 11.9. The molecule has 41 heavy (non-hydrogen) atoms. The van der Waals surface area contributed by atoms with Gasteiger partial charge in [-0.2, -0.15) is 4.31 Å². The van der Waals surface area contributed by atoms with Crippen LogP contribution >= 0.6 is 12.4 Å². The number of benzene rings is 2. The van der Waals surface area contributed by atoms with Gasteiger partial charge in [0.15, 0.2) is 0 Å². The number of fused-ring (bicyclic) bond motifs is 3. The Morgan fingerprint density at radius 3 is 2.32 bits per heavy atom. The third-order valence-electron chi connectivity index (χ3n) is 6.40. The van der Waals surface area contributed by atoms with Crippen LogP contribution in [0, 0.1) is 0 Å². The highest BCUT2D eigenvalue weighted by Crippen LogP contribution is 2.35. The van der Waals surface area contributed by atoms with E-state index in [1.807, 2.05) is 22.8 Å². The Hall–Kier alpha value is -3.85.